The number of nitrogens with two attached hydrogens (primary N) is 1. The molecule has 0 aromatic rings. The summed E-state index contributed by atoms with van der Waals surface area (Å²) in [7, 11) is 0. The molecule has 2 N–H and O–H groups in total. The number of hydrogen-bond donors (Lipinski definition) is 1. The molecule has 1 saturated carbocycles. The third-order valence-corrected chi connectivity index (χ3v) is 4.85. The van der Waals surface area contributed by atoms with Crippen molar-refractivity contribution in [3.63, 3.8) is 0 Å². The van der Waals surface area contributed by atoms with Gasteiger partial charge >= 0.3 is 0 Å². The van der Waals surface area contributed by atoms with Gasteiger partial charge in [0.2, 0.25) is 5.91 Å². The Balaban J connectivity index is 0.00000180. The van der Waals surface area contributed by atoms with Gasteiger partial charge in [0.25, 0.3) is 0 Å². The van der Waals surface area contributed by atoms with Crippen LogP contribution in [0.1, 0.15) is 58.3 Å². The van der Waals surface area contributed by atoms with Gasteiger partial charge in [-0.2, -0.15) is 0 Å². The molecule has 2 aliphatic rings. The number of hydrogen-bond acceptors (Lipinski definition) is 2. The van der Waals surface area contributed by atoms with Crippen LogP contribution in [0.4, 0.5) is 0 Å². The second-order valence-corrected chi connectivity index (χ2v) is 6.17. The number of piperidine rings is 1. The highest BCUT2D eigenvalue weighted by Crippen LogP contribution is 2.27. The Morgan fingerprint density at radius 1 is 1.21 bits per heavy atom. The van der Waals surface area contributed by atoms with E-state index in [0.717, 1.165) is 31.8 Å². The molecular weight excluding hydrogens is 260 g/mol. The molecule has 0 aromatic carbocycles. The number of amides is 1. The van der Waals surface area contributed by atoms with E-state index in [9.17, 15) is 4.79 Å². The Bertz CT molecular complexity index is 285. The normalized spacial score (nSPS) is 31.7. The summed E-state index contributed by atoms with van der Waals surface area (Å²) in [5.74, 6) is 1.52. The average molecular weight is 289 g/mol. The van der Waals surface area contributed by atoms with Gasteiger partial charge in [-0.15, -0.1) is 12.4 Å². The molecule has 2 rings (SSSR count). The van der Waals surface area contributed by atoms with Gasteiger partial charge in [-0.3, -0.25) is 4.79 Å². The lowest BCUT2D eigenvalue weighted by atomic mass is 9.82. The molecule has 3 unspecified atom stereocenters. The number of nitrogens with zero attached hydrogens (tertiary/aromatic N) is 1. The molecule has 0 spiro atoms. The Morgan fingerprint density at radius 2 is 1.95 bits per heavy atom. The summed E-state index contributed by atoms with van der Waals surface area (Å²) in [6.45, 7) is 4.18. The van der Waals surface area contributed by atoms with Gasteiger partial charge in [-0.25, -0.2) is 0 Å². The topological polar surface area (TPSA) is 46.3 Å². The first-order valence-electron chi connectivity index (χ1n) is 7.74. The van der Waals surface area contributed by atoms with Crippen molar-refractivity contribution >= 4 is 18.3 Å². The van der Waals surface area contributed by atoms with Crippen molar-refractivity contribution in [1.29, 1.82) is 0 Å². The molecule has 3 atom stereocenters. The smallest absolute Gasteiger partial charge is 0.222 e. The Morgan fingerprint density at radius 3 is 2.63 bits per heavy atom. The molecule has 2 fully saturated rings. The molecule has 112 valence electrons. The zero-order chi connectivity index (χ0) is 13.0. The number of carbonyl (C=O) groups excluding carboxylic acids is 1. The molecule has 3 nitrogen and oxygen atoms in total. The largest absolute Gasteiger partial charge is 0.342 e. The Hall–Kier alpha value is -0.280. The van der Waals surface area contributed by atoms with E-state index in [4.69, 9.17) is 5.73 Å². The van der Waals surface area contributed by atoms with Crippen LogP contribution in [0, 0.1) is 11.8 Å². The minimum Gasteiger partial charge on any atom is -0.342 e. The lowest BCUT2D eigenvalue weighted by Crippen LogP contribution is -2.43. The summed E-state index contributed by atoms with van der Waals surface area (Å²) in [5.41, 5.74) is 6.14. The predicted molar refractivity (Wildman–Crippen MR) is 81.4 cm³/mol. The number of likely N-dealkylation sites (tertiary alicyclic amines) is 1. The Kier molecular flexibility index (Phi) is 7.16. The highest BCUT2D eigenvalue weighted by molar-refractivity contribution is 5.85. The molecule has 1 amide bonds. The fourth-order valence-corrected chi connectivity index (χ4v) is 3.47. The third kappa shape index (κ3) is 4.64. The van der Waals surface area contributed by atoms with Crippen molar-refractivity contribution in [3.05, 3.63) is 0 Å². The fraction of sp³-hybridized carbons (Fsp3) is 0.933. The minimum atomic E-state index is 0. The van der Waals surface area contributed by atoms with E-state index in [0.29, 0.717) is 18.2 Å². The summed E-state index contributed by atoms with van der Waals surface area (Å²) >= 11 is 0. The molecule has 19 heavy (non-hydrogen) atoms. The maximum atomic E-state index is 12.3. The van der Waals surface area contributed by atoms with Gasteiger partial charge in [0.05, 0.1) is 0 Å². The van der Waals surface area contributed by atoms with E-state index < -0.39 is 0 Å². The van der Waals surface area contributed by atoms with Crippen LogP contribution in [0.5, 0.6) is 0 Å². The first-order valence-corrected chi connectivity index (χ1v) is 7.74. The predicted octanol–water partition coefficient (Wildman–Crippen LogP) is 2.96. The Labute approximate surface area is 123 Å². The van der Waals surface area contributed by atoms with Gasteiger partial charge in [0.1, 0.15) is 0 Å². The van der Waals surface area contributed by atoms with Crippen molar-refractivity contribution in [3.8, 4) is 0 Å². The van der Waals surface area contributed by atoms with Crippen molar-refractivity contribution in [1.82, 2.24) is 4.90 Å². The van der Waals surface area contributed by atoms with E-state index in [1.807, 2.05) is 0 Å². The average Bonchev–Trinajstić information content (AvgIpc) is 2.41. The van der Waals surface area contributed by atoms with Crippen molar-refractivity contribution in [2.24, 2.45) is 17.6 Å². The zero-order valence-corrected chi connectivity index (χ0v) is 13.0. The maximum absolute atomic E-state index is 12.3. The summed E-state index contributed by atoms with van der Waals surface area (Å²) in [6, 6.07) is 0.259. The van der Waals surface area contributed by atoms with Crippen LogP contribution >= 0.6 is 12.4 Å². The SMILES string of the molecule is CCC1CCCN(C(=O)CC2CCCCC2N)C1.Cl. The highest BCUT2D eigenvalue weighted by Gasteiger charge is 2.28. The lowest BCUT2D eigenvalue weighted by Gasteiger charge is -2.35. The van der Waals surface area contributed by atoms with Gasteiger partial charge in [-0.1, -0.05) is 26.2 Å². The van der Waals surface area contributed by atoms with Crippen LogP contribution in [0.25, 0.3) is 0 Å². The molecule has 1 aliphatic carbocycles. The summed E-state index contributed by atoms with van der Waals surface area (Å²) in [5, 5.41) is 0. The van der Waals surface area contributed by atoms with E-state index in [2.05, 4.69) is 11.8 Å². The zero-order valence-electron chi connectivity index (χ0n) is 12.1. The molecule has 1 heterocycles. The van der Waals surface area contributed by atoms with Gasteiger partial charge in [0, 0.05) is 25.6 Å². The van der Waals surface area contributed by atoms with E-state index in [1.54, 1.807) is 0 Å². The molecular formula is C15H29ClN2O. The summed E-state index contributed by atoms with van der Waals surface area (Å²) in [6.07, 6.45) is 9.12. The van der Waals surface area contributed by atoms with Crippen LogP contribution in [-0.2, 0) is 4.79 Å². The van der Waals surface area contributed by atoms with Gasteiger partial charge in [-0.05, 0) is 37.5 Å². The second-order valence-electron chi connectivity index (χ2n) is 6.17. The summed E-state index contributed by atoms with van der Waals surface area (Å²) in [4.78, 5) is 14.4. The van der Waals surface area contributed by atoms with Gasteiger partial charge in [0.15, 0.2) is 0 Å². The molecule has 4 heteroatoms. The minimum absolute atomic E-state index is 0. The lowest BCUT2D eigenvalue weighted by molar-refractivity contribution is -0.134. The monoisotopic (exact) mass is 288 g/mol. The first kappa shape index (κ1) is 16.8. The standard InChI is InChI=1S/C15H28N2O.ClH/c1-2-12-6-5-9-17(11-12)15(18)10-13-7-3-4-8-14(13)16;/h12-14H,2-11,16H2,1H3;1H. The van der Waals surface area contributed by atoms with Crippen molar-refractivity contribution in [2.45, 2.75) is 64.3 Å². The number of carbonyl (C=O) groups is 1. The second kappa shape index (κ2) is 8.11. The van der Waals surface area contributed by atoms with Crippen LogP contribution in [-0.4, -0.2) is 29.9 Å². The van der Waals surface area contributed by atoms with Crippen LogP contribution in [0.15, 0.2) is 0 Å². The highest BCUT2D eigenvalue weighted by atomic mass is 35.5. The molecule has 0 radical (unpaired) electrons. The van der Waals surface area contributed by atoms with E-state index in [1.165, 1.54) is 32.1 Å². The van der Waals surface area contributed by atoms with Crippen molar-refractivity contribution in [2.75, 3.05) is 13.1 Å². The fourth-order valence-electron chi connectivity index (χ4n) is 3.47. The van der Waals surface area contributed by atoms with Crippen LogP contribution in [0.2, 0.25) is 0 Å². The number of halogens is 1. The molecule has 1 saturated heterocycles. The molecule has 0 aromatic heterocycles. The van der Waals surface area contributed by atoms with Crippen LogP contribution in [0.3, 0.4) is 0 Å². The molecule has 1 aliphatic heterocycles. The third-order valence-electron chi connectivity index (χ3n) is 4.85. The van der Waals surface area contributed by atoms with Gasteiger partial charge < -0.3 is 10.6 Å². The summed E-state index contributed by atoms with van der Waals surface area (Å²) < 4.78 is 0. The first-order chi connectivity index (χ1) is 8.70. The van der Waals surface area contributed by atoms with E-state index in [-0.39, 0.29) is 18.4 Å². The maximum Gasteiger partial charge on any atom is 0.222 e. The van der Waals surface area contributed by atoms with Crippen LogP contribution < -0.4 is 5.73 Å². The van der Waals surface area contributed by atoms with Crippen molar-refractivity contribution < 1.29 is 4.79 Å². The quantitative estimate of drug-likeness (QED) is 0.868. The number of rotatable bonds is 3. The molecule has 0 bridgehead atoms. The van der Waals surface area contributed by atoms with E-state index >= 15 is 0 Å².